The molecule has 0 spiro atoms. The molecule has 3 rings (SSSR count). The summed E-state index contributed by atoms with van der Waals surface area (Å²) >= 11 is 0. The van der Waals surface area contributed by atoms with Gasteiger partial charge in [0, 0.05) is 5.56 Å². The van der Waals surface area contributed by atoms with E-state index in [-0.39, 0.29) is 0 Å². The summed E-state index contributed by atoms with van der Waals surface area (Å²) in [4.78, 5) is 3.25. The van der Waals surface area contributed by atoms with Crippen LogP contribution in [0.1, 0.15) is 56.9 Å². The highest BCUT2D eigenvalue weighted by Crippen LogP contribution is 2.38. The van der Waals surface area contributed by atoms with Crippen LogP contribution in [0.15, 0.2) is 36.4 Å². The van der Waals surface area contributed by atoms with Crippen molar-refractivity contribution >= 4 is 0 Å². The standard InChI is InChI=1S/C20H23F2N/c1-2-3-14-4-6-15(7-5-14)16-8-10-17(11-9-16)18-12-13-19(21)23-20(18)22/h8-15H,2-7H2,1H3. The number of aromatic nitrogens is 1. The van der Waals surface area contributed by atoms with Crippen LogP contribution < -0.4 is 0 Å². The summed E-state index contributed by atoms with van der Waals surface area (Å²) in [5, 5.41) is 0. The molecule has 0 amide bonds. The SMILES string of the molecule is CCCC1CCC(c2ccc(-c3ccc(F)nc3F)cc2)CC1. The third kappa shape index (κ3) is 3.77. The van der Waals surface area contributed by atoms with Crippen molar-refractivity contribution in [1.82, 2.24) is 4.98 Å². The molecule has 122 valence electrons. The molecule has 0 bridgehead atoms. The minimum absolute atomic E-state index is 0.351. The topological polar surface area (TPSA) is 12.9 Å². The first-order valence-corrected chi connectivity index (χ1v) is 8.59. The van der Waals surface area contributed by atoms with Gasteiger partial charge in [-0.05, 0) is 60.8 Å². The van der Waals surface area contributed by atoms with Gasteiger partial charge >= 0.3 is 0 Å². The average molecular weight is 315 g/mol. The fourth-order valence-electron chi connectivity index (χ4n) is 3.76. The molecule has 1 aromatic carbocycles. The highest BCUT2D eigenvalue weighted by molar-refractivity contribution is 5.63. The van der Waals surface area contributed by atoms with E-state index in [4.69, 9.17) is 0 Å². The zero-order chi connectivity index (χ0) is 16.2. The molecule has 1 aromatic heterocycles. The van der Waals surface area contributed by atoms with E-state index in [0.717, 1.165) is 11.5 Å². The number of benzene rings is 1. The van der Waals surface area contributed by atoms with Crippen LogP contribution in [0.3, 0.4) is 0 Å². The number of rotatable bonds is 4. The molecule has 1 aliphatic rings. The Bertz CT molecular complexity index is 643. The van der Waals surface area contributed by atoms with Gasteiger partial charge in [0.05, 0.1) is 0 Å². The number of hydrogen-bond acceptors (Lipinski definition) is 1. The molecule has 23 heavy (non-hydrogen) atoms. The van der Waals surface area contributed by atoms with Gasteiger partial charge in [-0.25, -0.2) is 0 Å². The lowest BCUT2D eigenvalue weighted by Crippen LogP contribution is -2.13. The van der Waals surface area contributed by atoms with Crippen molar-refractivity contribution in [2.45, 2.75) is 51.4 Å². The van der Waals surface area contributed by atoms with Crippen molar-refractivity contribution < 1.29 is 8.78 Å². The van der Waals surface area contributed by atoms with Gasteiger partial charge < -0.3 is 0 Å². The van der Waals surface area contributed by atoms with Gasteiger partial charge in [-0.1, -0.05) is 44.0 Å². The lowest BCUT2D eigenvalue weighted by Gasteiger charge is -2.28. The quantitative estimate of drug-likeness (QED) is 0.621. The van der Waals surface area contributed by atoms with Crippen molar-refractivity contribution in [2.75, 3.05) is 0 Å². The van der Waals surface area contributed by atoms with E-state index in [0.29, 0.717) is 11.5 Å². The third-order valence-electron chi connectivity index (χ3n) is 5.05. The Morgan fingerprint density at radius 2 is 1.65 bits per heavy atom. The summed E-state index contributed by atoms with van der Waals surface area (Å²) in [6.45, 7) is 2.26. The summed E-state index contributed by atoms with van der Waals surface area (Å²) in [5.74, 6) is -0.0206. The van der Waals surface area contributed by atoms with E-state index < -0.39 is 11.9 Å². The van der Waals surface area contributed by atoms with E-state index in [1.54, 1.807) is 0 Å². The van der Waals surface area contributed by atoms with Gasteiger partial charge in [0.25, 0.3) is 0 Å². The predicted octanol–water partition coefficient (Wildman–Crippen LogP) is 6.10. The summed E-state index contributed by atoms with van der Waals surface area (Å²) in [5.41, 5.74) is 2.43. The Balaban J connectivity index is 1.70. The highest BCUT2D eigenvalue weighted by atomic mass is 19.1. The van der Waals surface area contributed by atoms with Crippen LogP contribution in [-0.4, -0.2) is 4.98 Å². The van der Waals surface area contributed by atoms with Crippen LogP contribution in [-0.2, 0) is 0 Å². The Morgan fingerprint density at radius 1 is 0.957 bits per heavy atom. The minimum atomic E-state index is -0.785. The maximum atomic E-state index is 13.8. The molecule has 3 heteroatoms. The van der Waals surface area contributed by atoms with Crippen LogP contribution in [0, 0.1) is 17.8 Å². The minimum Gasteiger partial charge on any atom is -0.190 e. The first-order valence-electron chi connectivity index (χ1n) is 8.59. The van der Waals surface area contributed by atoms with Gasteiger partial charge in [-0.2, -0.15) is 13.8 Å². The van der Waals surface area contributed by atoms with Gasteiger partial charge in [0.15, 0.2) is 0 Å². The van der Waals surface area contributed by atoms with Gasteiger partial charge in [-0.15, -0.1) is 0 Å². The zero-order valence-electron chi connectivity index (χ0n) is 13.6. The average Bonchev–Trinajstić information content (AvgIpc) is 2.56. The molecule has 0 N–H and O–H groups in total. The summed E-state index contributed by atoms with van der Waals surface area (Å²) in [6.07, 6.45) is 7.75. The van der Waals surface area contributed by atoms with E-state index in [1.807, 2.05) is 12.1 Å². The largest absolute Gasteiger partial charge is 0.223 e. The van der Waals surface area contributed by atoms with Crippen LogP contribution in [0.25, 0.3) is 11.1 Å². The molecule has 0 radical (unpaired) electrons. The summed E-state index contributed by atoms with van der Waals surface area (Å²) < 4.78 is 26.7. The third-order valence-corrected chi connectivity index (χ3v) is 5.05. The molecule has 0 aliphatic heterocycles. The summed E-state index contributed by atoms with van der Waals surface area (Å²) in [6, 6.07) is 10.7. The first-order chi connectivity index (χ1) is 11.2. The monoisotopic (exact) mass is 315 g/mol. The lowest BCUT2D eigenvalue weighted by atomic mass is 9.77. The fourth-order valence-corrected chi connectivity index (χ4v) is 3.76. The molecule has 1 fully saturated rings. The summed E-state index contributed by atoms with van der Waals surface area (Å²) in [7, 11) is 0. The van der Waals surface area contributed by atoms with E-state index in [2.05, 4.69) is 24.0 Å². The van der Waals surface area contributed by atoms with Gasteiger partial charge in [0.2, 0.25) is 11.9 Å². The number of nitrogens with zero attached hydrogens (tertiary/aromatic N) is 1. The Hall–Kier alpha value is -1.77. The molecule has 0 saturated heterocycles. The maximum Gasteiger partial charge on any atom is 0.223 e. The maximum absolute atomic E-state index is 13.8. The Kier molecular flexibility index (Phi) is 5.04. The zero-order valence-corrected chi connectivity index (χ0v) is 13.6. The lowest BCUT2D eigenvalue weighted by molar-refractivity contribution is 0.308. The van der Waals surface area contributed by atoms with E-state index in [1.165, 1.54) is 56.2 Å². The number of halogens is 2. The predicted molar refractivity (Wildman–Crippen MR) is 89.2 cm³/mol. The molecular weight excluding hydrogens is 292 g/mol. The fraction of sp³-hybridized carbons (Fsp3) is 0.450. The molecule has 0 unspecified atom stereocenters. The molecule has 1 nitrogen and oxygen atoms in total. The van der Waals surface area contributed by atoms with Crippen molar-refractivity contribution in [3.05, 3.63) is 53.9 Å². The van der Waals surface area contributed by atoms with Crippen molar-refractivity contribution in [3.63, 3.8) is 0 Å². The van der Waals surface area contributed by atoms with Gasteiger partial charge in [-0.3, -0.25) is 0 Å². The van der Waals surface area contributed by atoms with Crippen molar-refractivity contribution in [3.8, 4) is 11.1 Å². The van der Waals surface area contributed by atoms with Crippen LogP contribution >= 0.6 is 0 Å². The van der Waals surface area contributed by atoms with Crippen LogP contribution in [0.5, 0.6) is 0 Å². The van der Waals surface area contributed by atoms with Gasteiger partial charge in [0.1, 0.15) is 0 Å². The Labute approximate surface area is 136 Å². The molecule has 2 aromatic rings. The molecule has 0 atom stereocenters. The number of hydrogen-bond donors (Lipinski definition) is 0. The van der Waals surface area contributed by atoms with Crippen LogP contribution in [0.2, 0.25) is 0 Å². The van der Waals surface area contributed by atoms with E-state index >= 15 is 0 Å². The highest BCUT2D eigenvalue weighted by Gasteiger charge is 2.21. The molecule has 1 aliphatic carbocycles. The second kappa shape index (κ2) is 7.20. The molecule has 1 saturated carbocycles. The van der Waals surface area contributed by atoms with Crippen LogP contribution in [0.4, 0.5) is 8.78 Å². The Morgan fingerprint density at radius 3 is 2.26 bits per heavy atom. The van der Waals surface area contributed by atoms with Crippen molar-refractivity contribution in [1.29, 1.82) is 0 Å². The smallest absolute Gasteiger partial charge is 0.190 e. The number of pyridine rings is 1. The van der Waals surface area contributed by atoms with Crippen molar-refractivity contribution in [2.24, 2.45) is 5.92 Å². The second-order valence-corrected chi connectivity index (χ2v) is 6.60. The molecule has 1 heterocycles. The first kappa shape index (κ1) is 16.1. The molecular formula is C20H23F2N. The van der Waals surface area contributed by atoms with E-state index in [9.17, 15) is 8.78 Å². The second-order valence-electron chi connectivity index (χ2n) is 6.60. The normalized spacial score (nSPS) is 21.3.